The lowest BCUT2D eigenvalue weighted by atomic mass is 10.2. The Morgan fingerprint density at radius 3 is 2.48 bits per heavy atom. The summed E-state index contributed by atoms with van der Waals surface area (Å²) < 4.78 is 0. The highest BCUT2D eigenvalue weighted by molar-refractivity contribution is 5.93. The molecule has 0 spiro atoms. The van der Waals surface area contributed by atoms with Crippen LogP contribution in [0.4, 0.5) is 17.2 Å². The molecule has 0 aliphatic rings. The molecule has 0 fully saturated rings. The van der Waals surface area contributed by atoms with E-state index < -0.39 is 0 Å². The zero-order valence-corrected chi connectivity index (χ0v) is 14.1. The molecule has 23 heavy (non-hydrogen) atoms. The molecule has 0 aliphatic heterocycles. The fourth-order valence-corrected chi connectivity index (χ4v) is 2.07. The number of nitrogens with one attached hydrogen (secondary N) is 2. The van der Waals surface area contributed by atoms with E-state index in [4.69, 9.17) is 0 Å². The molecule has 2 aromatic rings. The van der Waals surface area contributed by atoms with Crippen LogP contribution in [0.15, 0.2) is 30.3 Å². The molecule has 6 nitrogen and oxygen atoms in total. The van der Waals surface area contributed by atoms with Gasteiger partial charge in [0.05, 0.1) is 0 Å². The number of rotatable bonds is 6. The van der Waals surface area contributed by atoms with E-state index in [1.165, 1.54) is 0 Å². The molecule has 0 bridgehead atoms. The lowest BCUT2D eigenvalue weighted by molar-refractivity contribution is 0.0948. The van der Waals surface area contributed by atoms with Gasteiger partial charge >= 0.3 is 0 Å². The van der Waals surface area contributed by atoms with Gasteiger partial charge in [0.25, 0.3) is 5.91 Å². The van der Waals surface area contributed by atoms with Crippen LogP contribution in [0.1, 0.15) is 29.7 Å². The monoisotopic (exact) mass is 313 g/mol. The lowest BCUT2D eigenvalue weighted by Gasteiger charge is -2.13. The summed E-state index contributed by atoms with van der Waals surface area (Å²) in [5, 5.41) is 6.04. The van der Waals surface area contributed by atoms with Crippen LogP contribution >= 0.6 is 0 Å². The Bertz CT molecular complexity index is 667. The Kier molecular flexibility index (Phi) is 5.51. The van der Waals surface area contributed by atoms with Gasteiger partial charge in [0.15, 0.2) is 0 Å². The third kappa shape index (κ3) is 4.67. The van der Waals surface area contributed by atoms with Gasteiger partial charge in [-0.3, -0.25) is 4.79 Å². The highest BCUT2D eigenvalue weighted by atomic mass is 16.1. The summed E-state index contributed by atoms with van der Waals surface area (Å²) in [6.45, 7) is 4.42. The van der Waals surface area contributed by atoms with Gasteiger partial charge in [0, 0.05) is 38.1 Å². The van der Waals surface area contributed by atoms with Crippen molar-refractivity contribution < 1.29 is 4.79 Å². The largest absolute Gasteiger partial charge is 0.378 e. The molecular formula is C17H23N5O. The van der Waals surface area contributed by atoms with Crippen molar-refractivity contribution in [3.05, 3.63) is 41.9 Å². The summed E-state index contributed by atoms with van der Waals surface area (Å²) in [7, 11) is 3.99. The smallest absolute Gasteiger partial charge is 0.270 e. The molecule has 1 aromatic heterocycles. The van der Waals surface area contributed by atoms with Gasteiger partial charge < -0.3 is 15.5 Å². The van der Waals surface area contributed by atoms with Crippen molar-refractivity contribution in [1.29, 1.82) is 0 Å². The topological polar surface area (TPSA) is 70.2 Å². The molecule has 1 heterocycles. The fourth-order valence-electron chi connectivity index (χ4n) is 2.07. The van der Waals surface area contributed by atoms with Gasteiger partial charge in [-0.1, -0.05) is 6.92 Å². The number of hydrogen-bond donors (Lipinski definition) is 2. The lowest BCUT2D eigenvalue weighted by Crippen LogP contribution is -2.25. The minimum Gasteiger partial charge on any atom is -0.378 e. The maximum Gasteiger partial charge on any atom is 0.270 e. The zero-order valence-electron chi connectivity index (χ0n) is 14.1. The molecule has 2 rings (SSSR count). The summed E-state index contributed by atoms with van der Waals surface area (Å²) in [5.74, 6) is 0.988. The number of nitrogens with zero attached hydrogens (tertiary/aromatic N) is 3. The minimum atomic E-state index is -0.177. The van der Waals surface area contributed by atoms with Crippen molar-refractivity contribution in [2.45, 2.75) is 20.3 Å². The summed E-state index contributed by atoms with van der Waals surface area (Å²) in [4.78, 5) is 22.6. The first-order chi connectivity index (χ1) is 11.0. The standard InChI is InChI=1S/C17H23N5O/c1-5-10-18-17(23)15-11-16(20-12(2)19-15)21-13-6-8-14(9-7-13)22(3)4/h6-9,11H,5,10H2,1-4H3,(H,18,23)(H,19,20,21). The first kappa shape index (κ1) is 16.7. The van der Waals surface area contributed by atoms with Gasteiger partial charge in [0.1, 0.15) is 17.3 Å². The van der Waals surface area contributed by atoms with Crippen LogP contribution in [-0.2, 0) is 0 Å². The molecule has 2 N–H and O–H groups in total. The summed E-state index contributed by atoms with van der Waals surface area (Å²) >= 11 is 0. The predicted molar refractivity (Wildman–Crippen MR) is 93.4 cm³/mol. The van der Waals surface area contributed by atoms with Crippen LogP contribution in [0, 0.1) is 6.92 Å². The van der Waals surface area contributed by atoms with E-state index in [0.717, 1.165) is 17.8 Å². The molecule has 0 radical (unpaired) electrons. The SMILES string of the molecule is CCCNC(=O)c1cc(Nc2ccc(N(C)C)cc2)nc(C)n1. The number of hydrogen-bond acceptors (Lipinski definition) is 5. The number of aryl methyl sites for hydroxylation is 1. The van der Waals surface area contributed by atoms with Crippen molar-refractivity contribution in [3.63, 3.8) is 0 Å². The van der Waals surface area contributed by atoms with E-state index in [9.17, 15) is 4.79 Å². The zero-order chi connectivity index (χ0) is 16.8. The Morgan fingerprint density at radius 2 is 1.87 bits per heavy atom. The molecule has 0 atom stereocenters. The molecule has 122 valence electrons. The van der Waals surface area contributed by atoms with Crippen molar-refractivity contribution in [2.24, 2.45) is 0 Å². The van der Waals surface area contributed by atoms with E-state index in [2.05, 4.69) is 20.6 Å². The van der Waals surface area contributed by atoms with Gasteiger partial charge in [-0.15, -0.1) is 0 Å². The second-order valence-electron chi connectivity index (χ2n) is 5.51. The first-order valence-electron chi connectivity index (χ1n) is 7.68. The van der Waals surface area contributed by atoms with Crippen LogP contribution in [0.2, 0.25) is 0 Å². The molecule has 1 amide bonds. The molecular weight excluding hydrogens is 290 g/mol. The number of benzene rings is 1. The third-order valence-corrected chi connectivity index (χ3v) is 3.26. The second-order valence-corrected chi connectivity index (χ2v) is 5.51. The van der Waals surface area contributed by atoms with Crippen LogP contribution < -0.4 is 15.5 Å². The van der Waals surface area contributed by atoms with Gasteiger partial charge in [-0.2, -0.15) is 0 Å². The number of carbonyl (C=O) groups is 1. The maximum absolute atomic E-state index is 12.0. The summed E-state index contributed by atoms with van der Waals surface area (Å²) in [6, 6.07) is 9.65. The number of anilines is 3. The Morgan fingerprint density at radius 1 is 1.17 bits per heavy atom. The van der Waals surface area contributed by atoms with E-state index in [1.54, 1.807) is 13.0 Å². The van der Waals surface area contributed by atoms with Crippen LogP contribution in [0.3, 0.4) is 0 Å². The average Bonchev–Trinajstić information content (AvgIpc) is 2.52. The molecule has 0 saturated carbocycles. The fraction of sp³-hybridized carbons (Fsp3) is 0.353. The molecule has 0 unspecified atom stereocenters. The highest BCUT2D eigenvalue weighted by Gasteiger charge is 2.10. The van der Waals surface area contributed by atoms with E-state index in [1.807, 2.05) is 50.2 Å². The van der Waals surface area contributed by atoms with Crippen LogP contribution in [0.5, 0.6) is 0 Å². The molecule has 0 aliphatic carbocycles. The maximum atomic E-state index is 12.0. The number of aromatic nitrogens is 2. The van der Waals surface area contributed by atoms with Crippen molar-refractivity contribution in [3.8, 4) is 0 Å². The normalized spacial score (nSPS) is 10.3. The first-order valence-corrected chi connectivity index (χ1v) is 7.68. The third-order valence-electron chi connectivity index (χ3n) is 3.26. The molecule has 0 saturated heterocycles. The van der Waals surface area contributed by atoms with Crippen LogP contribution in [-0.4, -0.2) is 36.5 Å². The van der Waals surface area contributed by atoms with Crippen molar-refractivity contribution in [1.82, 2.24) is 15.3 Å². The van der Waals surface area contributed by atoms with E-state index in [0.29, 0.717) is 23.9 Å². The van der Waals surface area contributed by atoms with Gasteiger partial charge in [-0.05, 0) is 37.6 Å². The van der Waals surface area contributed by atoms with E-state index >= 15 is 0 Å². The molecule has 6 heteroatoms. The second kappa shape index (κ2) is 7.58. The average molecular weight is 313 g/mol. The van der Waals surface area contributed by atoms with Gasteiger partial charge in [0.2, 0.25) is 0 Å². The Balaban J connectivity index is 2.16. The highest BCUT2D eigenvalue weighted by Crippen LogP contribution is 2.19. The van der Waals surface area contributed by atoms with Gasteiger partial charge in [-0.25, -0.2) is 9.97 Å². The number of carbonyl (C=O) groups excluding carboxylic acids is 1. The predicted octanol–water partition coefficient (Wildman–Crippen LogP) is 2.73. The molecule has 1 aromatic carbocycles. The Hall–Kier alpha value is -2.63. The minimum absolute atomic E-state index is 0.177. The van der Waals surface area contributed by atoms with Crippen molar-refractivity contribution in [2.75, 3.05) is 30.9 Å². The Labute approximate surface area is 137 Å². The van der Waals surface area contributed by atoms with Crippen LogP contribution in [0.25, 0.3) is 0 Å². The summed E-state index contributed by atoms with van der Waals surface area (Å²) in [6.07, 6.45) is 0.888. The number of amides is 1. The summed E-state index contributed by atoms with van der Waals surface area (Å²) in [5.41, 5.74) is 2.40. The quantitative estimate of drug-likeness (QED) is 0.858. The van der Waals surface area contributed by atoms with E-state index in [-0.39, 0.29) is 5.91 Å². The van der Waals surface area contributed by atoms with Crippen molar-refractivity contribution >= 4 is 23.1 Å².